The second-order valence-corrected chi connectivity index (χ2v) is 7.83. The summed E-state index contributed by atoms with van der Waals surface area (Å²) in [4.78, 5) is 4.21. The Morgan fingerprint density at radius 2 is 2.04 bits per heavy atom. The molecule has 2 rings (SSSR count). The normalized spacial score (nSPS) is 11.9. The molecule has 2 aromatic rings. The van der Waals surface area contributed by atoms with Crippen molar-refractivity contribution < 1.29 is 13.2 Å². The predicted molar refractivity (Wildman–Crippen MR) is 90.9 cm³/mol. The Kier molecular flexibility index (Phi) is 5.37. The molecule has 0 bridgehead atoms. The Morgan fingerprint density at radius 1 is 1.35 bits per heavy atom. The largest absolute Gasteiger partial charge is 0.492 e. The minimum atomic E-state index is -3.83. The molecule has 0 atom stereocenters. The summed E-state index contributed by atoms with van der Waals surface area (Å²) in [5, 5.41) is 0.388. The number of halogens is 1. The molecule has 23 heavy (non-hydrogen) atoms. The van der Waals surface area contributed by atoms with Gasteiger partial charge in [-0.05, 0) is 31.0 Å². The second-order valence-electron chi connectivity index (χ2n) is 5.64. The van der Waals surface area contributed by atoms with E-state index >= 15 is 0 Å². The van der Waals surface area contributed by atoms with Crippen LogP contribution in [0.15, 0.2) is 29.4 Å². The number of aryl methyl sites for hydroxylation is 1. The van der Waals surface area contributed by atoms with Crippen molar-refractivity contribution in [2.75, 3.05) is 6.61 Å². The molecule has 1 aromatic carbocycles. The lowest BCUT2D eigenvalue weighted by Crippen LogP contribution is -2.17. The number of benzene rings is 1. The molecule has 0 aliphatic carbocycles. The van der Waals surface area contributed by atoms with Crippen molar-refractivity contribution in [2.45, 2.75) is 44.9 Å². The van der Waals surface area contributed by atoms with Crippen LogP contribution in [0.4, 0.5) is 0 Å². The van der Waals surface area contributed by atoms with E-state index in [0.29, 0.717) is 23.2 Å². The van der Waals surface area contributed by atoms with Gasteiger partial charge in [-0.1, -0.05) is 32.4 Å². The molecule has 0 N–H and O–H groups in total. The summed E-state index contributed by atoms with van der Waals surface area (Å²) >= 11 is 6.14. The monoisotopic (exact) mass is 356 g/mol. The summed E-state index contributed by atoms with van der Waals surface area (Å²) in [5.74, 6) is 0.765. The van der Waals surface area contributed by atoms with Gasteiger partial charge in [0, 0.05) is 23.3 Å². The van der Waals surface area contributed by atoms with Gasteiger partial charge in [0.15, 0.2) is 0 Å². The van der Waals surface area contributed by atoms with E-state index in [0.717, 1.165) is 12.0 Å². The van der Waals surface area contributed by atoms with Crippen molar-refractivity contribution >= 4 is 21.6 Å². The van der Waals surface area contributed by atoms with Crippen molar-refractivity contribution in [2.24, 2.45) is 0 Å². The number of aromatic nitrogens is 2. The maximum absolute atomic E-state index is 13.1. The highest BCUT2D eigenvalue weighted by Gasteiger charge is 2.26. The highest BCUT2D eigenvalue weighted by molar-refractivity contribution is 7.90. The first-order valence-corrected chi connectivity index (χ1v) is 9.32. The Bertz CT molecular complexity index is 798. The molecule has 0 saturated carbocycles. The highest BCUT2D eigenvalue weighted by Crippen LogP contribution is 2.32. The fourth-order valence-corrected chi connectivity index (χ4v) is 3.98. The van der Waals surface area contributed by atoms with Crippen LogP contribution in [-0.2, 0) is 10.0 Å². The fraction of sp³-hybridized carbons (Fsp3) is 0.438. The lowest BCUT2D eigenvalue weighted by Gasteiger charge is -2.16. The average molecular weight is 357 g/mol. The zero-order valence-electron chi connectivity index (χ0n) is 13.7. The van der Waals surface area contributed by atoms with E-state index in [1.165, 1.54) is 22.4 Å². The van der Waals surface area contributed by atoms with E-state index in [-0.39, 0.29) is 10.8 Å². The zero-order valence-corrected chi connectivity index (χ0v) is 15.3. The highest BCUT2D eigenvalue weighted by atomic mass is 35.5. The quantitative estimate of drug-likeness (QED) is 0.785. The Balaban J connectivity index is 2.63. The molecule has 126 valence electrons. The molecule has 0 aliphatic heterocycles. The van der Waals surface area contributed by atoms with Gasteiger partial charge >= 0.3 is 0 Å². The smallest absolute Gasteiger partial charge is 0.272 e. The van der Waals surface area contributed by atoms with Gasteiger partial charge < -0.3 is 4.74 Å². The first kappa shape index (κ1) is 17.8. The lowest BCUT2D eigenvalue weighted by molar-refractivity contribution is 0.309. The number of nitrogens with zero attached hydrogens (tertiary/aromatic N) is 2. The van der Waals surface area contributed by atoms with Crippen molar-refractivity contribution in [3.8, 4) is 5.75 Å². The number of hydrogen-bond donors (Lipinski definition) is 0. The topological polar surface area (TPSA) is 61.2 Å². The van der Waals surface area contributed by atoms with E-state index < -0.39 is 10.0 Å². The van der Waals surface area contributed by atoms with Gasteiger partial charge in [0.2, 0.25) is 0 Å². The number of rotatable bonds is 6. The van der Waals surface area contributed by atoms with E-state index in [9.17, 15) is 8.42 Å². The fourth-order valence-electron chi connectivity index (χ4n) is 2.18. The predicted octanol–water partition coefficient (Wildman–Crippen LogP) is 3.99. The number of imidazole rings is 1. The summed E-state index contributed by atoms with van der Waals surface area (Å²) in [6, 6.07) is 3.11. The Labute approximate surface area is 142 Å². The molecule has 0 radical (unpaired) electrons. The molecule has 0 aliphatic rings. The van der Waals surface area contributed by atoms with Crippen LogP contribution < -0.4 is 4.74 Å². The van der Waals surface area contributed by atoms with Gasteiger partial charge in [0.25, 0.3) is 10.0 Å². The van der Waals surface area contributed by atoms with Crippen LogP contribution in [0.25, 0.3) is 0 Å². The van der Waals surface area contributed by atoms with Crippen molar-refractivity contribution in [1.82, 2.24) is 8.96 Å². The number of hydrogen-bond acceptors (Lipinski definition) is 4. The molecule has 0 fully saturated rings. The third-order valence-electron chi connectivity index (χ3n) is 3.37. The first-order chi connectivity index (χ1) is 10.8. The standard InChI is InChI=1S/C16H21ClN2O3S/c1-5-8-22-14-9-12(4)13(17)10-15(14)23(20,21)19-7-6-18-16(19)11(2)3/h6-7,9-11H,5,8H2,1-4H3. The maximum Gasteiger partial charge on any atom is 0.272 e. The van der Waals surface area contributed by atoms with Crippen molar-refractivity contribution in [3.63, 3.8) is 0 Å². The molecular weight excluding hydrogens is 336 g/mol. The van der Waals surface area contributed by atoms with Gasteiger partial charge in [-0.25, -0.2) is 17.4 Å². The van der Waals surface area contributed by atoms with Gasteiger partial charge in [-0.15, -0.1) is 0 Å². The number of ether oxygens (including phenoxy) is 1. The summed E-state index contributed by atoms with van der Waals surface area (Å²) in [5.41, 5.74) is 0.770. The molecule has 1 aromatic heterocycles. The van der Waals surface area contributed by atoms with E-state index in [1.807, 2.05) is 27.7 Å². The van der Waals surface area contributed by atoms with Crippen LogP contribution in [0.3, 0.4) is 0 Å². The summed E-state index contributed by atoms with van der Waals surface area (Å²) in [6.07, 6.45) is 3.71. The second kappa shape index (κ2) is 6.93. The molecule has 0 amide bonds. The lowest BCUT2D eigenvalue weighted by atomic mass is 10.2. The minimum absolute atomic E-state index is 0.0271. The summed E-state index contributed by atoms with van der Waals surface area (Å²) in [6.45, 7) is 8.00. The van der Waals surface area contributed by atoms with Gasteiger partial charge in [0.05, 0.1) is 6.61 Å². The minimum Gasteiger partial charge on any atom is -0.492 e. The molecule has 0 saturated heterocycles. The molecule has 1 heterocycles. The van der Waals surface area contributed by atoms with Crippen LogP contribution in [0.2, 0.25) is 5.02 Å². The van der Waals surface area contributed by atoms with Gasteiger partial charge in [-0.3, -0.25) is 0 Å². The van der Waals surface area contributed by atoms with Crippen LogP contribution >= 0.6 is 11.6 Å². The molecule has 5 nitrogen and oxygen atoms in total. The van der Waals surface area contributed by atoms with Crippen LogP contribution in [0.1, 0.15) is 44.5 Å². The Hall–Kier alpha value is -1.53. The summed E-state index contributed by atoms with van der Waals surface area (Å²) < 4.78 is 32.9. The molecule has 0 spiro atoms. The maximum atomic E-state index is 13.1. The molecule has 7 heteroatoms. The third kappa shape index (κ3) is 3.53. The Morgan fingerprint density at radius 3 is 2.65 bits per heavy atom. The molecular formula is C16H21ClN2O3S. The average Bonchev–Trinajstić information content (AvgIpc) is 2.98. The van der Waals surface area contributed by atoms with Crippen LogP contribution in [-0.4, -0.2) is 24.0 Å². The van der Waals surface area contributed by atoms with Crippen LogP contribution in [0.5, 0.6) is 5.75 Å². The van der Waals surface area contributed by atoms with E-state index in [2.05, 4.69) is 4.98 Å². The first-order valence-electron chi connectivity index (χ1n) is 7.50. The van der Waals surface area contributed by atoms with E-state index in [4.69, 9.17) is 16.3 Å². The van der Waals surface area contributed by atoms with Crippen LogP contribution in [0, 0.1) is 6.92 Å². The van der Waals surface area contributed by atoms with Crippen molar-refractivity contribution in [3.05, 3.63) is 40.9 Å². The zero-order chi connectivity index (χ0) is 17.2. The molecule has 0 unspecified atom stereocenters. The summed E-state index contributed by atoms with van der Waals surface area (Å²) in [7, 11) is -3.83. The van der Waals surface area contributed by atoms with Gasteiger partial charge in [0.1, 0.15) is 16.5 Å². The van der Waals surface area contributed by atoms with E-state index in [1.54, 1.807) is 6.07 Å². The van der Waals surface area contributed by atoms with Crippen molar-refractivity contribution in [1.29, 1.82) is 0 Å². The SMILES string of the molecule is CCCOc1cc(C)c(Cl)cc1S(=O)(=O)n1ccnc1C(C)C. The van der Waals surface area contributed by atoms with Gasteiger partial charge in [-0.2, -0.15) is 0 Å². The third-order valence-corrected chi connectivity index (χ3v) is 5.48.